The van der Waals surface area contributed by atoms with Crippen molar-refractivity contribution in [1.29, 1.82) is 0 Å². The van der Waals surface area contributed by atoms with Gasteiger partial charge in [-0.3, -0.25) is 9.79 Å². The second-order valence-electron chi connectivity index (χ2n) is 8.07. The van der Waals surface area contributed by atoms with E-state index in [0.717, 1.165) is 38.9 Å². The van der Waals surface area contributed by atoms with Crippen LogP contribution >= 0.6 is 0 Å². The number of nitrogens with zero attached hydrogens (tertiary/aromatic N) is 1. The molecule has 0 bridgehead atoms. The molecule has 0 aromatic carbocycles. The van der Waals surface area contributed by atoms with Crippen molar-refractivity contribution in [3.8, 4) is 0 Å². The number of hydrogen-bond acceptors (Lipinski definition) is 6. The molecule has 0 aromatic heterocycles. The van der Waals surface area contributed by atoms with E-state index in [0.29, 0.717) is 36.4 Å². The molecule has 1 saturated carbocycles. The smallest absolute Gasteiger partial charge is 0.309 e. The fourth-order valence-corrected chi connectivity index (χ4v) is 5.61. The van der Waals surface area contributed by atoms with E-state index in [1.54, 1.807) is 6.40 Å². The van der Waals surface area contributed by atoms with E-state index in [9.17, 15) is 4.79 Å². The number of fused-ring (bicyclic) bond motifs is 1. The van der Waals surface area contributed by atoms with Gasteiger partial charge in [0.25, 0.3) is 0 Å². The van der Waals surface area contributed by atoms with E-state index in [-0.39, 0.29) is 18.0 Å². The minimum atomic E-state index is 0.0305. The summed E-state index contributed by atoms with van der Waals surface area (Å²) in [5.41, 5.74) is 0. The summed E-state index contributed by atoms with van der Waals surface area (Å²) in [5.74, 6) is 2.21. The van der Waals surface area contributed by atoms with Crippen molar-refractivity contribution in [2.45, 2.75) is 51.3 Å². The molecular weight excluding hydrogens is 318 g/mol. The van der Waals surface area contributed by atoms with Gasteiger partial charge in [0.05, 0.1) is 25.2 Å². The van der Waals surface area contributed by atoms with E-state index < -0.39 is 0 Å². The van der Waals surface area contributed by atoms with Crippen LogP contribution in [0.1, 0.15) is 39.0 Å². The van der Waals surface area contributed by atoms with E-state index in [1.165, 1.54) is 12.8 Å². The highest BCUT2D eigenvalue weighted by Crippen LogP contribution is 2.43. The van der Waals surface area contributed by atoms with Crippen LogP contribution < -0.4 is 10.6 Å². The van der Waals surface area contributed by atoms with Crippen LogP contribution in [-0.2, 0) is 14.3 Å². The van der Waals surface area contributed by atoms with E-state index >= 15 is 0 Å². The molecule has 0 aromatic rings. The van der Waals surface area contributed by atoms with Crippen molar-refractivity contribution in [2.24, 2.45) is 34.6 Å². The van der Waals surface area contributed by atoms with Crippen LogP contribution in [0.15, 0.2) is 4.99 Å². The summed E-state index contributed by atoms with van der Waals surface area (Å²) in [6.45, 7) is 5.18. The van der Waals surface area contributed by atoms with Gasteiger partial charge < -0.3 is 20.1 Å². The van der Waals surface area contributed by atoms with Crippen LogP contribution in [0.5, 0.6) is 0 Å². The molecule has 2 N–H and O–H groups in total. The molecule has 0 radical (unpaired) electrons. The van der Waals surface area contributed by atoms with Crippen molar-refractivity contribution in [3.63, 3.8) is 0 Å². The molecule has 3 aliphatic heterocycles. The third kappa shape index (κ3) is 3.43. The Morgan fingerprint density at radius 2 is 2.04 bits per heavy atom. The second-order valence-corrected chi connectivity index (χ2v) is 8.07. The molecule has 4 aliphatic rings. The molecule has 7 atom stereocenters. The van der Waals surface area contributed by atoms with Crippen LogP contribution in [0.25, 0.3) is 0 Å². The molecule has 6 heteroatoms. The van der Waals surface area contributed by atoms with Gasteiger partial charge >= 0.3 is 5.97 Å². The molecule has 25 heavy (non-hydrogen) atoms. The van der Waals surface area contributed by atoms with Gasteiger partial charge in [-0.15, -0.1) is 0 Å². The third-order valence-corrected chi connectivity index (χ3v) is 6.81. The van der Waals surface area contributed by atoms with Crippen LogP contribution in [0, 0.1) is 29.6 Å². The van der Waals surface area contributed by atoms with Crippen LogP contribution in [-0.4, -0.2) is 50.9 Å². The topological polar surface area (TPSA) is 72.0 Å². The standard InChI is InChI=1S/C19H31N3O3/c1-2-24-19(23)14-6-4-3-5-13(14)12-7-15-16(17-10-20-11-25-17)9-22-18(15)21-8-12/h11-18,21-22H,2-10H2,1H3. The maximum absolute atomic E-state index is 12.5. The molecule has 1 aliphatic carbocycles. The van der Waals surface area contributed by atoms with Gasteiger partial charge in [0.2, 0.25) is 0 Å². The SMILES string of the molecule is CCOC(=O)C1CCCCC1C1CNC2NCC(C3CN=CO3)C2C1. The maximum Gasteiger partial charge on any atom is 0.309 e. The van der Waals surface area contributed by atoms with Gasteiger partial charge in [-0.05, 0) is 50.5 Å². The molecule has 6 nitrogen and oxygen atoms in total. The Labute approximate surface area is 150 Å². The Balaban J connectivity index is 1.44. The van der Waals surface area contributed by atoms with Crippen molar-refractivity contribution in [1.82, 2.24) is 10.6 Å². The molecule has 3 fully saturated rings. The maximum atomic E-state index is 12.5. The summed E-state index contributed by atoms with van der Waals surface area (Å²) in [6, 6.07) is 0. The Kier molecular flexibility index (Phi) is 5.27. The first kappa shape index (κ1) is 17.3. The number of aliphatic imine (C=N–C) groups is 1. The number of esters is 1. The number of nitrogens with one attached hydrogen (secondary N) is 2. The largest absolute Gasteiger partial charge is 0.478 e. The average molecular weight is 349 g/mol. The van der Waals surface area contributed by atoms with E-state index in [2.05, 4.69) is 15.6 Å². The van der Waals surface area contributed by atoms with Crippen molar-refractivity contribution in [2.75, 3.05) is 26.2 Å². The first-order valence-electron chi connectivity index (χ1n) is 10.0. The predicted octanol–water partition coefficient (Wildman–Crippen LogP) is 1.55. The molecule has 7 unspecified atom stereocenters. The van der Waals surface area contributed by atoms with Gasteiger partial charge in [0, 0.05) is 12.5 Å². The lowest BCUT2D eigenvalue weighted by atomic mass is 9.67. The summed E-state index contributed by atoms with van der Waals surface area (Å²) in [6.07, 6.45) is 7.95. The highest BCUT2D eigenvalue weighted by Gasteiger charge is 2.47. The van der Waals surface area contributed by atoms with Gasteiger partial charge in [-0.25, -0.2) is 0 Å². The summed E-state index contributed by atoms with van der Waals surface area (Å²) in [4.78, 5) is 16.7. The lowest BCUT2D eigenvalue weighted by Gasteiger charge is -2.42. The predicted molar refractivity (Wildman–Crippen MR) is 95.2 cm³/mol. The van der Waals surface area contributed by atoms with Gasteiger partial charge in [-0.1, -0.05) is 12.8 Å². The third-order valence-electron chi connectivity index (χ3n) is 6.81. The second kappa shape index (κ2) is 7.62. The molecule has 4 rings (SSSR count). The normalized spacial score (nSPS) is 43.5. The fourth-order valence-electron chi connectivity index (χ4n) is 5.61. The zero-order valence-corrected chi connectivity index (χ0v) is 15.2. The molecule has 2 saturated heterocycles. The van der Waals surface area contributed by atoms with E-state index in [1.807, 2.05) is 6.92 Å². The van der Waals surface area contributed by atoms with E-state index in [4.69, 9.17) is 9.47 Å². The highest BCUT2D eigenvalue weighted by atomic mass is 16.5. The number of hydrogen-bond donors (Lipinski definition) is 2. The number of carbonyl (C=O) groups excluding carboxylic acids is 1. The average Bonchev–Trinajstić information content (AvgIpc) is 3.30. The minimum Gasteiger partial charge on any atom is -0.478 e. The van der Waals surface area contributed by atoms with Gasteiger partial charge in [0.1, 0.15) is 6.10 Å². The van der Waals surface area contributed by atoms with Crippen molar-refractivity contribution in [3.05, 3.63) is 0 Å². The fraction of sp³-hybridized carbons (Fsp3) is 0.895. The zero-order chi connectivity index (χ0) is 17.2. The minimum absolute atomic E-state index is 0.0305. The molecule has 140 valence electrons. The van der Waals surface area contributed by atoms with Crippen molar-refractivity contribution < 1.29 is 14.3 Å². The first-order chi connectivity index (χ1) is 12.3. The summed E-state index contributed by atoms with van der Waals surface area (Å²) < 4.78 is 11.1. The molecular formula is C19H31N3O3. The number of carbonyl (C=O) groups is 1. The van der Waals surface area contributed by atoms with Crippen LogP contribution in [0.4, 0.5) is 0 Å². The number of piperidine rings is 1. The Bertz CT molecular complexity index is 504. The first-order valence-corrected chi connectivity index (χ1v) is 10.0. The molecule has 3 heterocycles. The summed E-state index contributed by atoms with van der Waals surface area (Å²) in [7, 11) is 0. The molecule has 0 amide bonds. The Hall–Kier alpha value is -1.14. The van der Waals surface area contributed by atoms with Gasteiger partial charge in [-0.2, -0.15) is 0 Å². The van der Waals surface area contributed by atoms with Crippen molar-refractivity contribution >= 4 is 12.4 Å². The van der Waals surface area contributed by atoms with Gasteiger partial charge in [0.15, 0.2) is 6.40 Å². The quantitative estimate of drug-likeness (QED) is 0.754. The number of ether oxygens (including phenoxy) is 2. The lowest BCUT2D eigenvalue weighted by Crippen LogP contribution is -2.52. The lowest BCUT2D eigenvalue weighted by molar-refractivity contribution is -0.152. The summed E-state index contributed by atoms with van der Waals surface area (Å²) >= 11 is 0. The highest BCUT2D eigenvalue weighted by molar-refractivity contribution is 5.73. The van der Waals surface area contributed by atoms with Crippen LogP contribution in [0.3, 0.4) is 0 Å². The van der Waals surface area contributed by atoms with Crippen LogP contribution in [0.2, 0.25) is 0 Å². The monoisotopic (exact) mass is 349 g/mol. The molecule has 0 spiro atoms. The number of rotatable bonds is 4. The Morgan fingerprint density at radius 3 is 2.84 bits per heavy atom. The Morgan fingerprint density at radius 1 is 1.20 bits per heavy atom. The zero-order valence-electron chi connectivity index (χ0n) is 15.2. The summed E-state index contributed by atoms with van der Waals surface area (Å²) in [5, 5.41) is 7.34.